The number of fused-ring (bicyclic) bond motifs is 1. The van der Waals surface area contributed by atoms with Crippen LogP contribution < -0.4 is 10.6 Å². The van der Waals surface area contributed by atoms with E-state index in [4.69, 9.17) is 0 Å². The maximum Gasteiger partial charge on any atom is 0.323 e. The molecule has 2 N–H and O–H groups in total. The molecule has 7 nitrogen and oxygen atoms in total. The van der Waals surface area contributed by atoms with Crippen molar-refractivity contribution >= 4 is 23.3 Å². The van der Waals surface area contributed by atoms with Gasteiger partial charge in [-0.15, -0.1) is 0 Å². The molecule has 160 valence electrons. The number of benzene rings is 2. The number of anilines is 2. The van der Waals surface area contributed by atoms with Crippen molar-refractivity contribution in [1.82, 2.24) is 14.7 Å². The smallest absolute Gasteiger partial charge is 0.323 e. The van der Waals surface area contributed by atoms with E-state index in [1.54, 1.807) is 27.8 Å². The highest BCUT2D eigenvalue weighted by atomic mass is 19.1. The molecular formula is C23H24FN5O2. The number of halogens is 1. The van der Waals surface area contributed by atoms with E-state index in [9.17, 15) is 14.0 Å². The van der Waals surface area contributed by atoms with Crippen LogP contribution >= 0.6 is 0 Å². The summed E-state index contributed by atoms with van der Waals surface area (Å²) in [5.41, 5.74) is 3.13. The van der Waals surface area contributed by atoms with Crippen LogP contribution in [0.3, 0.4) is 0 Å². The van der Waals surface area contributed by atoms with Crippen molar-refractivity contribution in [2.45, 2.75) is 32.9 Å². The molecular weight excluding hydrogens is 397 g/mol. The molecule has 0 saturated carbocycles. The summed E-state index contributed by atoms with van der Waals surface area (Å²) < 4.78 is 15.5. The Hall–Kier alpha value is -3.68. The summed E-state index contributed by atoms with van der Waals surface area (Å²) in [6, 6.07) is 13.0. The number of carbonyl (C=O) groups is 2. The van der Waals surface area contributed by atoms with Crippen LogP contribution in [0.2, 0.25) is 0 Å². The average molecular weight is 421 g/mol. The fourth-order valence-electron chi connectivity index (χ4n) is 3.64. The minimum absolute atomic E-state index is 0.110. The molecule has 4 rings (SSSR count). The fraction of sp³-hybridized carbons (Fsp3) is 0.261. The molecule has 31 heavy (non-hydrogen) atoms. The molecule has 0 unspecified atom stereocenters. The molecule has 1 aromatic heterocycles. The second kappa shape index (κ2) is 8.59. The Balaban J connectivity index is 1.46. The summed E-state index contributed by atoms with van der Waals surface area (Å²) >= 11 is 0. The molecule has 1 aliphatic rings. The quantitative estimate of drug-likeness (QED) is 0.653. The normalized spacial score (nSPS) is 13.1. The molecule has 0 spiro atoms. The number of aromatic nitrogens is 2. The minimum Gasteiger partial charge on any atom is -0.333 e. The van der Waals surface area contributed by atoms with Crippen LogP contribution in [-0.4, -0.2) is 33.2 Å². The van der Waals surface area contributed by atoms with Crippen LogP contribution in [0.5, 0.6) is 0 Å². The third kappa shape index (κ3) is 4.42. The Morgan fingerprint density at radius 3 is 2.52 bits per heavy atom. The van der Waals surface area contributed by atoms with E-state index < -0.39 is 11.8 Å². The fourth-order valence-corrected chi connectivity index (χ4v) is 3.64. The summed E-state index contributed by atoms with van der Waals surface area (Å²) in [5, 5.41) is 9.70. The maximum atomic E-state index is 13.8. The van der Waals surface area contributed by atoms with Gasteiger partial charge >= 0.3 is 6.03 Å². The highest BCUT2D eigenvalue weighted by molar-refractivity contribution is 6.00. The van der Waals surface area contributed by atoms with Gasteiger partial charge in [-0.1, -0.05) is 24.3 Å². The lowest BCUT2D eigenvalue weighted by Gasteiger charge is -2.29. The monoisotopic (exact) mass is 421 g/mol. The standard InChI is InChI=1S/C23H24FN5O2/c1-15(2)29-13-11-21(27-29)22(30)28-12-10-17-16(14-28)6-5-9-19(17)25-23(31)26-20-8-4-3-7-18(20)24/h3-9,11,13,15H,10,12,14H2,1-2H3,(H2,25,26,31). The van der Waals surface area contributed by atoms with Gasteiger partial charge in [-0.25, -0.2) is 9.18 Å². The van der Waals surface area contributed by atoms with E-state index in [0.29, 0.717) is 30.9 Å². The van der Waals surface area contributed by atoms with E-state index in [2.05, 4.69) is 15.7 Å². The van der Waals surface area contributed by atoms with Gasteiger partial charge in [0, 0.05) is 31.0 Å². The number of nitrogens with one attached hydrogen (secondary N) is 2. The third-order valence-electron chi connectivity index (χ3n) is 5.28. The first-order chi connectivity index (χ1) is 14.9. The van der Waals surface area contributed by atoms with Gasteiger partial charge in [-0.3, -0.25) is 9.48 Å². The number of amides is 3. The molecule has 0 bridgehead atoms. The van der Waals surface area contributed by atoms with Gasteiger partial charge in [0.1, 0.15) is 11.5 Å². The molecule has 3 amide bonds. The molecule has 2 aromatic carbocycles. The number of para-hydroxylation sites is 1. The number of carbonyl (C=O) groups excluding carboxylic acids is 2. The van der Waals surface area contributed by atoms with E-state index in [-0.39, 0.29) is 17.6 Å². The first-order valence-electron chi connectivity index (χ1n) is 10.2. The zero-order valence-corrected chi connectivity index (χ0v) is 17.4. The highest BCUT2D eigenvalue weighted by Gasteiger charge is 2.25. The molecule has 2 heterocycles. The van der Waals surface area contributed by atoms with Crippen molar-refractivity contribution in [3.05, 3.63) is 77.4 Å². The van der Waals surface area contributed by atoms with E-state index in [1.807, 2.05) is 38.2 Å². The number of hydrogen-bond donors (Lipinski definition) is 2. The van der Waals surface area contributed by atoms with Crippen LogP contribution in [0, 0.1) is 5.82 Å². The number of urea groups is 1. The number of rotatable bonds is 4. The molecule has 8 heteroatoms. The number of hydrogen-bond acceptors (Lipinski definition) is 3. The van der Waals surface area contributed by atoms with E-state index in [0.717, 1.165) is 11.1 Å². The lowest BCUT2D eigenvalue weighted by molar-refractivity contribution is 0.0727. The second-order valence-electron chi connectivity index (χ2n) is 7.75. The van der Waals surface area contributed by atoms with Crippen LogP contribution in [0.4, 0.5) is 20.6 Å². The second-order valence-corrected chi connectivity index (χ2v) is 7.75. The molecule has 0 aliphatic carbocycles. The summed E-state index contributed by atoms with van der Waals surface area (Å²) in [4.78, 5) is 27.0. The van der Waals surface area contributed by atoms with Gasteiger partial charge < -0.3 is 15.5 Å². The SMILES string of the molecule is CC(C)n1ccc(C(=O)N2CCc3c(cccc3NC(=O)Nc3ccccc3F)C2)n1. The Bertz CT molecular complexity index is 1120. The highest BCUT2D eigenvalue weighted by Crippen LogP contribution is 2.27. The van der Waals surface area contributed by atoms with Gasteiger partial charge in [0.05, 0.1) is 5.69 Å². The molecule has 0 atom stereocenters. The van der Waals surface area contributed by atoms with Crippen LogP contribution in [-0.2, 0) is 13.0 Å². The van der Waals surface area contributed by atoms with Crippen LogP contribution in [0.25, 0.3) is 0 Å². The Kier molecular flexibility index (Phi) is 5.70. The van der Waals surface area contributed by atoms with Crippen molar-refractivity contribution in [3.8, 4) is 0 Å². The summed E-state index contributed by atoms with van der Waals surface area (Å²) in [7, 11) is 0. The van der Waals surface area contributed by atoms with Gasteiger partial charge in [0.15, 0.2) is 0 Å². The first kappa shape index (κ1) is 20.6. The Morgan fingerprint density at radius 1 is 1.03 bits per heavy atom. The van der Waals surface area contributed by atoms with Crippen molar-refractivity contribution in [2.75, 3.05) is 17.2 Å². The van der Waals surface area contributed by atoms with E-state index in [1.165, 1.54) is 12.1 Å². The average Bonchev–Trinajstić information content (AvgIpc) is 3.25. The largest absolute Gasteiger partial charge is 0.333 e. The maximum absolute atomic E-state index is 13.8. The minimum atomic E-state index is -0.517. The van der Waals surface area contributed by atoms with Crippen molar-refractivity contribution in [1.29, 1.82) is 0 Å². The zero-order chi connectivity index (χ0) is 22.0. The third-order valence-corrected chi connectivity index (χ3v) is 5.28. The van der Waals surface area contributed by atoms with Gasteiger partial charge in [-0.2, -0.15) is 5.10 Å². The van der Waals surface area contributed by atoms with Crippen molar-refractivity contribution in [2.24, 2.45) is 0 Å². The molecule has 0 fully saturated rings. The zero-order valence-electron chi connectivity index (χ0n) is 17.4. The molecule has 1 aliphatic heterocycles. The number of nitrogens with zero attached hydrogens (tertiary/aromatic N) is 3. The van der Waals surface area contributed by atoms with Gasteiger partial charge in [0.2, 0.25) is 0 Å². The predicted molar refractivity (Wildman–Crippen MR) is 117 cm³/mol. The molecule has 0 saturated heterocycles. The molecule has 3 aromatic rings. The van der Waals surface area contributed by atoms with Crippen LogP contribution in [0.1, 0.15) is 41.5 Å². The van der Waals surface area contributed by atoms with Gasteiger partial charge in [-0.05, 0) is 55.7 Å². The van der Waals surface area contributed by atoms with Crippen molar-refractivity contribution in [3.63, 3.8) is 0 Å². The predicted octanol–water partition coefficient (Wildman–Crippen LogP) is 4.45. The lowest BCUT2D eigenvalue weighted by Crippen LogP contribution is -2.36. The van der Waals surface area contributed by atoms with Crippen molar-refractivity contribution < 1.29 is 14.0 Å². The summed E-state index contributed by atoms with van der Waals surface area (Å²) in [5.74, 6) is -0.609. The Morgan fingerprint density at radius 2 is 1.77 bits per heavy atom. The Labute approximate surface area is 179 Å². The van der Waals surface area contributed by atoms with Crippen LogP contribution in [0.15, 0.2) is 54.7 Å². The lowest BCUT2D eigenvalue weighted by atomic mass is 9.97. The summed E-state index contributed by atoms with van der Waals surface area (Å²) in [6.07, 6.45) is 2.41. The first-order valence-corrected chi connectivity index (χ1v) is 10.2. The molecule has 0 radical (unpaired) electrons. The van der Waals surface area contributed by atoms with Gasteiger partial charge in [0.25, 0.3) is 5.91 Å². The topological polar surface area (TPSA) is 79.3 Å². The van der Waals surface area contributed by atoms with E-state index >= 15 is 0 Å². The summed E-state index contributed by atoms with van der Waals surface area (Å²) in [6.45, 7) is 4.98.